The minimum atomic E-state index is -0.550. The average molecular weight is 218 g/mol. The summed E-state index contributed by atoms with van der Waals surface area (Å²) in [7, 11) is 0. The van der Waals surface area contributed by atoms with E-state index in [1.807, 2.05) is 25.1 Å². The zero-order chi connectivity index (χ0) is 11.2. The molecule has 1 saturated heterocycles. The van der Waals surface area contributed by atoms with Crippen molar-refractivity contribution in [2.45, 2.75) is 18.9 Å². The number of aryl methyl sites for hydroxylation is 1. The molecule has 2 N–H and O–H groups in total. The standard InChI is InChI=1S/C12H14N2O2/c1-8-3-2-4-9-10(8)14-11(16-9)12(13)5-6-15-7-12/h2-4H,5-7,13H2,1H3. The number of hydrogen-bond acceptors (Lipinski definition) is 4. The van der Waals surface area contributed by atoms with Crippen molar-refractivity contribution < 1.29 is 9.15 Å². The second-order valence-electron chi connectivity index (χ2n) is 4.40. The van der Waals surface area contributed by atoms with Crippen LogP contribution in [-0.4, -0.2) is 18.2 Å². The Kier molecular flexibility index (Phi) is 2.02. The zero-order valence-corrected chi connectivity index (χ0v) is 9.19. The molecule has 0 spiro atoms. The first-order valence-electron chi connectivity index (χ1n) is 5.42. The van der Waals surface area contributed by atoms with Crippen molar-refractivity contribution in [3.05, 3.63) is 29.7 Å². The van der Waals surface area contributed by atoms with E-state index in [-0.39, 0.29) is 0 Å². The Labute approximate surface area is 93.4 Å². The van der Waals surface area contributed by atoms with Gasteiger partial charge in [0, 0.05) is 6.61 Å². The highest BCUT2D eigenvalue weighted by Gasteiger charge is 2.37. The van der Waals surface area contributed by atoms with E-state index in [1.54, 1.807) is 0 Å². The Morgan fingerprint density at radius 1 is 1.44 bits per heavy atom. The van der Waals surface area contributed by atoms with Crippen molar-refractivity contribution in [2.75, 3.05) is 13.2 Å². The first-order chi connectivity index (χ1) is 7.69. The average Bonchev–Trinajstić information content (AvgIpc) is 2.85. The third-order valence-electron chi connectivity index (χ3n) is 3.10. The van der Waals surface area contributed by atoms with Gasteiger partial charge in [0.25, 0.3) is 0 Å². The van der Waals surface area contributed by atoms with Crippen LogP contribution >= 0.6 is 0 Å². The Bertz CT molecular complexity index is 527. The molecular weight excluding hydrogens is 204 g/mol. The fourth-order valence-corrected chi connectivity index (χ4v) is 2.05. The van der Waals surface area contributed by atoms with Gasteiger partial charge in [-0.25, -0.2) is 4.98 Å². The lowest BCUT2D eigenvalue weighted by molar-refractivity contribution is 0.170. The summed E-state index contributed by atoms with van der Waals surface area (Å²) < 4.78 is 11.0. The van der Waals surface area contributed by atoms with Gasteiger partial charge in [-0.05, 0) is 25.0 Å². The minimum Gasteiger partial charge on any atom is -0.439 e. The molecule has 84 valence electrons. The molecule has 4 nitrogen and oxygen atoms in total. The Hall–Kier alpha value is -1.39. The van der Waals surface area contributed by atoms with Crippen LogP contribution in [-0.2, 0) is 10.3 Å². The van der Waals surface area contributed by atoms with Gasteiger partial charge in [0.15, 0.2) is 5.58 Å². The van der Waals surface area contributed by atoms with Crippen LogP contribution in [0.15, 0.2) is 22.6 Å². The molecule has 1 aromatic carbocycles. The van der Waals surface area contributed by atoms with Crippen LogP contribution in [0.1, 0.15) is 17.9 Å². The van der Waals surface area contributed by atoms with Gasteiger partial charge in [-0.3, -0.25) is 0 Å². The van der Waals surface area contributed by atoms with Crippen LogP contribution in [0.5, 0.6) is 0 Å². The smallest absolute Gasteiger partial charge is 0.218 e. The van der Waals surface area contributed by atoms with E-state index in [2.05, 4.69) is 4.98 Å². The molecule has 1 atom stereocenters. The monoisotopic (exact) mass is 218 g/mol. The topological polar surface area (TPSA) is 61.3 Å². The van der Waals surface area contributed by atoms with Crippen molar-refractivity contribution in [1.82, 2.24) is 4.98 Å². The molecule has 16 heavy (non-hydrogen) atoms. The Balaban J connectivity index is 2.15. The van der Waals surface area contributed by atoms with E-state index >= 15 is 0 Å². The molecule has 1 unspecified atom stereocenters. The minimum absolute atomic E-state index is 0.485. The largest absolute Gasteiger partial charge is 0.439 e. The van der Waals surface area contributed by atoms with Crippen molar-refractivity contribution in [2.24, 2.45) is 5.73 Å². The molecule has 0 radical (unpaired) electrons. The molecule has 0 amide bonds. The number of para-hydroxylation sites is 1. The maximum absolute atomic E-state index is 6.21. The van der Waals surface area contributed by atoms with Crippen LogP contribution in [0.25, 0.3) is 11.1 Å². The number of aromatic nitrogens is 1. The number of rotatable bonds is 1. The SMILES string of the molecule is Cc1cccc2oc(C3(N)CCOC3)nc12. The molecule has 0 saturated carbocycles. The van der Waals surface area contributed by atoms with Gasteiger partial charge in [-0.15, -0.1) is 0 Å². The lowest BCUT2D eigenvalue weighted by atomic mass is 10.0. The van der Waals surface area contributed by atoms with Crippen LogP contribution in [0.4, 0.5) is 0 Å². The maximum Gasteiger partial charge on any atom is 0.218 e. The van der Waals surface area contributed by atoms with Crippen molar-refractivity contribution in [3.8, 4) is 0 Å². The third-order valence-corrected chi connectivity index (χ3v) is 3.10. The Morgan fingerprint density at radius 2 is 2.31 bits per heavy atom. The van der Waals surface area contributed by atoms with Gasteiger partial charge in [-0.2, -0.15) is 0 Å². The first-order valence-corrected chi connectivity index (χ1v) is 5.42. The van der Waals surface area contributed by atoms with E-state index in [4.69, 9.17) is 14.9 Å². The summed E-state index contributed by atoms with van der Waals surface area (Å²) in [5, 5.41) is 0. The number of ether oxygens (including phenoxy) is 1. The number of fused-ring (bicyclic) bond motifs is 1. The molecule has 1 aliphatic heterocycles. The first kappa shape index (κ1) is 9.81. The molecule has 2 heterocycles. The molecule has 3 rings (SSSR count). The molecule has 1 aromatic heterocycles. The third kappa shape index (κ3) is 1.34. The van der Waals surface area contributed by atoms with E-state index < -0.39 is 5.54 Å². The van der Waals surface area contributed by atoms with Crippen molar-refractivity contribution in [1.29, 1.82) is 0 Å². The van der Waals surface area contributed by atoms with Crippen LogP contribution in [0, 0.1) is 6.92 Å². The quantitative estimate of drug-likeness (QED) is 0.791. The predicted molar refractivity (Wildman–Crippen MR) is 60.0 cm³/mol. The second-order valence-corrected chi connectivity index (χ2v) is 4.40. The lowest BCUT2D eigenvalue weighted by Gasteiger charge is -2.16. The lowest BCUT2D eigenvalue weighted by Crippen LogP contribution is -2.37. The summed E-state index contributed by atoms with van der Waals surface area (Å²) >= 11 is 0. The molecule has 4 heteroatoms. The highest BCUT2D eigenvalue weighted by Crippen LogP contribution is 2.30. The molecule has 1 aliphatic rings. The normalized spacial score (nSPS) is 25.4. The molecular formula is C12H14N2O2. The van der Waals surface area contributed by atoms with Gasteiger partial charge in [-0.1, -0.05) is 12.1 Å². The van der Waals surface area contributed by atoms with Crippen molar-refractivity contribution >= 4 is 11.1 Å². The maximum atomic E-state index is 6.21. The summed E-state index contributed by atoms with van der Waals surface area (Å²) in [6.07, 6.45) is 0.763. The van der Waals surface area contributed by atoms with E-state index in [9.17, 15) is 0 Å². The zero-order valence-electron chi connectivity index (χ0n) is 9.19. The van der Waals surface area contributed by atoms with Gasteiger partial charge < -0.3 is 14.9 Å². The highest BCUT2D eigenvalue weighted by molar-refractivity contribution is 5.76. The van der Waals surface area contributed by atoms with E-state index in [0.29, 0.717) is 19.1 Å². The molecule has 0 aliphatic carbocycles. The summed E-state index contributed by atoms with van der Waals surface area (Å²) in [6, 6.07) is 5.89. The van der Waals surface area contributed by atoms with Crippen LogP contribution in [0.3, 0.4) is 0 Å². The summed E-state index contributed by atoms with van der Waals surface area (Å²) in [4.78, 5) is 4.49. The van der Waals surface area contributed by atoms with Gasteiger partial charge in [0.2, 0.25) is 5.89 Å². The fraction of sp³-hybridized carbons (Fsp3) is 0.417. The number of oxazole rings is 1. The summed E-state index contributed by atoms with van der Waals surface area (Å²) in [5.74, 6) is 0.592. The predicted octanol–water partition coefficient (Wildman–Crippen LogP) is 1.71. The van der Waals surface area contributed by atoms with E-state index in [0.717, 1.165) is 23.1 Å². The van der Waals surface area contributed by atoms with Gasteiger partial charge in [0.1, 0.15) is 11.1 Å². The molecule has 1 fully saturated rings. The summed E-state index contributed by atoms with van der Waals surface area (Å²) in [5.41, 5.74) is 8.46. The van der Waals surface area contributed by atoms with Gasteiger partial charge in [0.05, 0.1) is 6.61 Å². The molecule has 2 aromatic rings. The van der Waals surface area contributed by atoms with Crippen LogP contribution in [0.2, 0.25) is 0 Å². The second kappa shape index (κ2) is 3.30. The number of nitrogens with zero attached hydrogens (tertiary/aromatic N) is 1. The number of hydrogen-bond donors (Lipinski definition) is 1. The van der Waals surface area contributed by atoms with E-state index in [1.165, 1.54) is 0 Å². The fourth-order valence-electron chi connectivity index (χ4n) is 2.05. The van der Waals surface area contributed by atoms with Gasteiger partial charge >= 0.3 is 0 Å². The Morgan fingerprint density at radius 3 is 3.00 bits per heavy atom. The summed E-state index contributed by atoms with van der Waals surface area (Å²) in [6.45, 7) is 3.18. The number of nitrogens with two attached hydrogens (primary N) is 1. The van der Waals surface area contributed by atoms with Crippen LogP contribution < -0.4 is 5.73 Å². The number of benzene rings is 1. The highest BCUT2D eigenvalue weighted by atomic mass is 16.5. The molecule has 0 bridgehead atoms. The van der Waals surface area contributed by atoms with Crippen molar-refractivity contribution in [3.63, 3.8) is 0 Å².